The Morgan fingerprint density at radius 3 is 2.70 bits per heavy atom. The highest BCUT2D eigenvalue weighted by Gasteiger charge is 2.17. The molecule has 0 aromatic carbocycles. The zero-order valence-electron chi connectivity index (χ0n) is 13.3. The Balaban J connectivity index is 2.03. The van der Waals surface area contributed by atoms with Gasteiger partial charge in [0.2, 0.25) is 5.91 Å². The fourth-order valence-corrected chi connectivity index (χ4v) is 2.33. The van der Waals surface area contributed by atoms with Crippen LogP contribution in [0.1, 0.15) is 29.5 Å². The van der Waals surface area contributed by atoms with Crippen LogP contribution in [0.15, 0.2) is 16.9 Å². The van der Waals surface area contributed by atoms with Gasteiger partial charge in [0.25, 0.3) is 5.91 Å². The summed E-state index contributed by atoms with van der Waals surface area (Å²) >= 11 is 3.38. The molecule has 124 valence electrons. The van der Waals surface area contributed by atoms with Crippen molar-refractivity contribution in [2.75, 3.05) is 12.4 Å². The summed E-state index contributed by atoms with van der Waals surface area (Å²) in [5.41, 5.74) is 1.58. The lowest BCUT2D eigenvalue weighted by Gasteiger charge is -2.06. The number of hydrogen-bond donors (Lipinski definition) is 2. The number of carbonyl (C=O) groups is 2. The predicted octanol–water partition coefficient (Wildman–Crippen LogP) is 1.56. The summed E-state index contributed by atoms with van der Waals surface area (Å²) in [6.07, 6.45) is 3.60. The van der Waals surface area contributed by atoms with Crippen LogP contribution in [0.25, 0.3) is 0 Å². The summed E-state index contributed by atoms with van der Waals surface area (Å²) < 4.78 is 4.26. The second kappa shape index (κ2) is 7.40. The first kappa shape index (κ1) is 17.2. The predicted molar refractivity (Wildman–Crippen MR) is 89.2 cm³/mol. The van der Waals surface area contributed by atoms with Crippen molar-refractivity contribution in [3.05, 3.63) is 28.3 Å². The molecule has 0 aliphatic carbocycles. The molecule has 0 radical (unpaired) electrons. The number of hydrogen-bond acceptors (Lipinski definition) is 4. The van der Waals surface area contributed by atoms with E-state index in [4.69, 9.17) is 0 Å². The molecule has 2 aromatic rings. The molecule has 0 aliphatic heterocycles. The molecule has 9 heteroatoms. The lowest BCUT2D eigenvalue weighted by atomic mass is 10.3. The van der Waals surface area contributed by atoms with Gasteiger partial charge in [-0.1, -0.05) is 0 Å². The lowest BCUT2D eigenvalue weighted by molar-refractivity contribution is -0.116. The minimum atomic E-state index is -0.334. The van der Waals surface area contributed by atoms with Gasteiger partial charge in [-0.25, -0.2) is 0 Å². The van der Waals surface area contributed by atoms with Crippen molar-refractivity contribution in [1.29, 1.82) is 0 Å². The molecular weight excluding hydrogens is 364 g/mol. The Bertz CT molecular complexity index is 721. The largest absolute Gasteiger partial charge is 0.354 e. The molecule has 2 heterocycles. The molecule has 0 saturated carbocycles. The van der Waals surface area contributed by atoms with Gasteiger partial charge < -0.3 is 10.6 Å². The molecule has 2 N–H and O–H groups in total. The highest BCUT2D eigenvalue weighted by atomic mass is 79.9. The third-order valence-electron chi connectivity index (χ3n) is 3.40. The fourth-order valence-electron chi connectivity index (χ4n) is 2.03. The zero-order chi connectivity index (χ0) is 17.0. The molecule has 0 spiro atoms. The van der Waals surface area contributed by atoms with E-state index in [-0.39, 0.29) is 23.9 Å². The lowest BCUT2D eigenvalue weighted by Crippen LogP contribution is -2.22. The van der Waals surface area contributed by atoms with Crippen LogP contribution in [0.4, 0.5) is 5.69 Å². The molecule has 23 heavy (non-hydrogen) atoms. The molecule has 0 unspecified atom stereocenters. The van der Waals surface area contributed by atoms with Crippen LogP contribution in [-0.2, 0) is 17.9 Å². The highest BCUT2D eigenvalue weighted by molar-refractivity contribution is 9.10. The van der Waals surface area contributed by atoms with Crippen LogP contribution in [0, 0.1) is 6.92 Å². The van der Waals surface area contributed by atoms with Gasteiger partial charge in [-0.2, -0.15) is 10.2 Å². The molecule has 0 atom stereocenters. The van der Waals surface area contributed by atoms with Crippen molar-refractivity contribution < 1.29 is 9.59 Å². The molecular formula is C14H19BrN6O2. The molecule has 0 saturated heterocycles. The van der Waals surface area contributed by atoms with Crippen molar-refractivity contribution in [3.63, 3.8) is 0 Å². The Morgan fingerprint density at radius 2 is 2.13 bits per heavy atom. The van der Waals surface area contributed by atoms with E-state index in [1.165, 1.54) is 7.05 Å². The van der Waals surface area contributed by atoms with Gasteiger partial charge in [0.15, 0.2) is 5.69 Å². The Hall–Kier alpha value is -2.16. The molecule has 8 nitrogen and oxygen atoms in total. The van der Waals surface area contributed by atoms with E-state index in [0.29, 0.717) is 18.8 Å². The van der Waals surface area contributed by atoms with Crippen LogP contribution in [-0.4, -0.2) is 38.4 Å². The second-order valence-corrected chi connectivity index (χ2v) is 5.78. The molecule has 0 aliphatic rings. The molecule has 2 aromatic heterocycles. The SMILES string of the molecule is CCn1cc(NC(=O)CCn2ncc(Br)c2C)c(C(=O)NC)n1. The van der Waals surface area contributed by atoms with Crippen LogP contribution in [0.2, 0.25) is 0 Å². The van der Waals surface area contributed by atoms with E-state index < -0.39 is 0 Å². The molecule has 2 amide bonds. The second-order valence-electron chi connectivity index (χ2n) is 4.93. The summed E-state index contributed by atoms with van der Waals surface area (Å²) in [6.45, 7) is 4.90. The first-order chi connectivity index (χ1) is 11.0. The molecule has 0 fully saturated rings. The van der Waals surface area contributed by atoms with Crippen LogP contribution in [0.3, 0.4) is 0 Å². The van der Waals surface area contributed by atoms with Crippen LogP contribution >= 0.6 is 15.9 Å². The third-order valence-corrected chi connectivity index (χ3v) is 4.17. The number of amides is 2. The standard InChI is InChI=1S/C14H19BrN6O2/c1-4-20-8-11(13(19-20)14(23)16-3)18-12(22)5-6-21-9(2)10(15)7-17-21/h7-8H,4-6H2,1-3H3,(H,16,23)(H,18,22). The molecule has 0 bridgehead atoms. The van der Waals surface area contributed by atoms with Crippen molar-refractivity contribution >= 4 is 33.4 Å². The van der Waals surface area contributed by atoms with Crippen molar-refractivity contribution in [1.82, 2.24) is 24.9 Å². The van der Waals surface area contributed by atoms with E-state index in [0.717, 1.165) is 10.2 Å². The minimum Gasteiger partial charge on any atom is -0.354 e. The maximum absolute atomic E-state index is 12.1. The van der Waals surface area contributed by atoms with E-state index in [2.05, 4.69) is 36.8 Å². The summed E-state index contributed by atoms with van der Waals surface area (Å²) in [6, 6.07) is 0. The Morgan fingerprint density at radius 1 is 1.39 bits per heavy atom. The van der Waals surface area contributed by atoms with Crippen LogP contribution in [0.5, 0.6) is 0 Å². The summed E-state index contributed by atoms with van der Waals surface area (Å²) in [7, 11) is 1.53. The number of rotatable bonds is 6. The highest BCUT2D eigenvalue weighted by Crippen LogP contribution is 2.16. The van der Waals surface area contributed by atoms with Gasteiger partial charge >= 0.3 is 0 Å². The minimum absolute atomic E-state index is 0.197. The molecule has 2 rings (SSSR count). The number of aromatic nitrogens is 4. The number of nitrogens with zero attached hydrogens (tertiary/aromatic N) is 4. The van der Waals surface area contributed by atoms with Gasteiger partial charge in [-0.05, 0) is 29.8 Å². The zero-order valence-corrected chi connectivity index (χ0v) is 14.8. The summed E-state index contributed by atoms with van der Waals surface area (Å²) in [5.74, 6) is -0.531. The third kappa shape index (κ3) is 3.98. The van der Waals surface area contributed by atoms with E-state index in [9.17, 15) is 9.59 Å². The first-order valence-electron chi connectivity index (χ1n) is 7.23. The Kier molecular flexibility index (Phi) is 5.54. The van der Waals surface area contributed by atoms with Crippen LogP contribution < -0.4 is 10.6 Å². The normalized spacial score (nSPS) is 10.6. The Labute approximate surface area is 142 Å². The monoisotopic (exact) mass is 382 g/mol. The van der Waals surface area contributed by atoms with Crippen molar-refractivity contribution in [2.45, 2.75) is 33.4 Å². The average molecular weight is 383 g/mol. The van der Waals surface area contributed by atoms with Gasteiger partial charge in [0.1, 0.15) is 0 Å². The van der Waals surface area contributed by atoms with E-state index in [1.807, 2.05) is 13.8 Å². The number of aryl methyl sites for hydroxylation is 2. The number of nitrogens with one attached hydrogen (secondary N) is 2. The quantitative estimate of drug-likeness (QED) is 0.792. The summed E-state index contributed by atoms with van der Waals surface area (Å²) in [5, 5.41) is 13.6. The number of anilines is 1. The van der Waals surface area contributed by atoms with Crippen molar-refractivity contribution in [2.24, 2.45) is 0 Å². The summed E-state index contributed by atoms with van der Waals surface area (Å²) in [4.78, 5) is 23.9. The smallest absolute Gasteiger partial charge is 0.273 e. The average Bonchev–Trinajstić information content (AvgIpc) is 3.09. The van der Waals surface area contributed by atoms with Gasteiger partial charge in [0.05, 0.1) is 22.9 Å². The maximum atomic E-state index is 12.1. The van der Waals surface area contributed by atoms with Gasteiger partial charge in [0, 0.05) is 31.9 Å². The number of carbonyl (C=O) groups excluding carboxylic acids is 2. The van der Waals surface area contributed by atoms with Gasteiger partial charge in [-0.3, -0.25) is 19.0 Å². The van der Waals surface area contributed by atoms with Crippen molar-refractivity contribution in [3.8, 4) is 0 Å². The van der Waals surface area contributed by atoms with Gasteiger partial charge in [-0.15, -0.1) is 0 Å². The maximum Gasteiger partial charge on any atom is 0.273 e. The topological polar surface area (TPSA) is 93.8 Å². The first-order valence-corrected chi connectivity index (χ1v) is 8.02. The fraction of sp³-hybridized carbons (Fsp3) is 0.429. The van der Waals surface area contributed by atoms with E-state index >= 15 is 0 Å². The van der Waals surface area contributed by atoms with E-state index in [1.54, 1.807) is 21.8 Å². The number of halogens is 1.